The van der Waals surface area contributed by atoms with Crippen molar-refractivity contribution in [3.05, 3.63) is 58.9 Å². The van der Waals surface area contributed by atoms with Gasteiger partial charge in [-0.05, 0) is 70.0 Å². The molecule has 1 aromatic heterocycles. The van der Waals surface area contributed by atoms with Gasteiger partial charge in [0.25, 0.3) is 0 Å². The van der Waals surface area contributed by atoms with Gasteiger partial charge < -0.3 is 4.90 Å². The van der Waals surface area contributed by atoms with Crippen molar-refractivity contribution in [3.8, 4) is 0 Å². The van der Waals surface area contributed by atoms with E-state index in [2.05, 4.69) is 18.7 Å². The topological polar surface area (TPSA) is 36.4 Å². The van der Waals surface area contributed by atoms with Crippen LogP contribution in [-0.2, 0) is 16.8 Å². The summed E-state index contributed by atoms with van der Waals surface area (Å²) in [6.07, 6.45) is 3.37. The lowest BCUT2D eigenvalue weighted by atomic mass is 9.84. The lowest BCUT2D eigenvalue weighted by Gasteiger charge is -2.35. The van der Waals surface area contributed by atoms with E-state index in [4.69, 9.17) is 4.98 Å². The number of anilines is 1. The summed E-state index contributed by atoms with van der Waals surface area (Å²) in [7, 11) is 1.95. The zero-order valence-electron chi connectivity index (χ0n) is 18.8. The van der Waals surface area contributed by atoms with Crippen molar-refractivity contribution in [3.63, 3.8) is 0 Å². The van der Waals surface area contributed by atoms with Gasteiger partial charge in [-0.25, -0.2) is 8.78 Å². The van der Waals surface area contributed by atoms with Gasteiger partial charge >= 0.3 is 0 Å². The number of carbonyl (C=O) groups is 1. The lowest BCUT2D eigenvalue weighted by molar-refractivity contribution is -0.123. The number of nitrogens with zero attached hydrogens (tertiary/aromatic N) is 3. The molecule has 2 heterocycles. The zero-order chi connectivity index (χ0) is 22.3. The van der Waals surface area contributed by atoms with E-state index in [0.29, 0.717) is 18.7 Å². The van der Waals surface area contributed by atoms with E-state index in [0.717, 1.165) is 48.8 Å². The summed E-state index contributed by atoms with van der Waals surface area (Å²) in [6, 6.07) is 7.85. The van der Waals surface area contributed by atoms with Gasteiger partial charge in [-0.15, -0.1) is 0 Å². The summed E-state index contributed by atoms with van der Waals surface area (Å²) in [5, 5.41) is 0. The number of aryl methyl sites for hydroxylation is 1. The van der Waals surface area contributed by atoms with Gasteiger partial charge in [-0.1, -0.05) is 13.8 Å². The molecule has 1 fully saturated rings. The molecule has 1 saturated carbocycles. The van der Waals surface area contributed by atoms with E-state index >= 15 is 0 Å². The Morgan fingerprint density at radius 1 is 1.16 bits per heavy atom. The second kappa shape index (κ2) is 8.30. The fourth-order valence-electron chi connectivity index (χ4n) is 5.06. The summed E-state index contributed by atoms with van der Waals surface area (Å²) in [4.78, 5) is 22.1. The van der Waals surface area contributed by atoms with Crippen LogP contribution in [0.5, 0.6) is 0 Å². The monoisotopic (exact) mass is 427 g/mol. The van der Waals surface area contributed by atoms with Crippen LogP contribution in [0.25, 0.3) is 0 Å². The number of rotatable bonds is 4. The van der Waals surface area contributed by atoms with Crippen LogP contribution in [0.2, 0.25) is 0 Å². The lowest BCUT2D eigenvalue weighted by Crippen LogP contribution is -2.42. The Bertz CT molecular complexity index is 983. The largest absolute Gasteiger partial charge is 0.309 e. The van der Waals surface area contributed by atoms with Crippen LogP contribution in [0, 0.1) is 24.5 Å². The molecular weight excluding hydrogens is 396 g/mol. The highest BCUT2D eigenvalue weighted by atomic mass is 19.1. The number of pyridine rings is 1. The highest BCUT2D eigenvalue weighted by Crippen LogP contribution is 2.41. The molecule has 0 radical (unpaired) electrons. The minimum atomic E-state index is -0.419. The number of hydrogen-bond acceptors (Lipinski definition) is 3. The SMILES string of the molecule is Cc1ccc2c(n1)C(C)(C)CN2C(=O)C1CCC(N(C)Cc2cc(F)ccc2F)CC1. The van der Waals surface area contributed by atoms with E-state index < -0.39 is 5.82 Å². The Labute approximate surface area is 183 Å². The Morgan fingerprint density at radius 3 is 2.58 bits per heavy atom. The molecule has 0 unspecified atom stereocenters. The fourth-order valence-corrected chi connectivity index (χ4v) is 5.06. The van der Waals surface area contributed by atoms with Crippen LogP contribution in [0.4, 0.5) is 14.5 Å². The Kier molecular flexibility index (Phi) is 5.86. The number of aromatic nitrogens is 1. The van der Waals surface area contributed by atoms with Gasteiger partial charge in [0, 0.05) is 41.7 Å². The molecule has 4 rings (SSSR count). The first-order valence-corrected chi connectivity index (χ1v) is 11.1. The molecule has 2 aromatic rings. The summed E-state index contributed by atoms with van der Waals surface area (Å²) in [5.41, 5.74) is 3.15. The molecule has 1 amide bonds. The van der Waals surface area contributed by atoms with Crippen molar-refractivity contribution >= 4 is 11.6 Å². The third-order valence-corrected chi connectivity index (χ3v) is 6.86. The summed E-state index contributed by atoms with van der Waals surface area (Å²) in [5.74, 6) is -0.609. The molecule has 1 aromatic carbocycles. The second-order valence-electron chi connectivity index (χ2n) is 9.78. The smallest absolute Gasteiger partial charge is 0.230 e. The minimum absolute atomic E-state index is 0.00129. The standard InChI is InChI=1S/C25H31F2N3O/c1-16-5-12-22-23(28-16)25(2,3)15-30(22)24(31)17-6-9-20(10-7-17)29(4)14-18-13-19(26)8-11-21(18)27/h5,8,11-13,17,20H,6-7,9-10,14-15H2,1-4H3. The van der Waals surface area contributed by atoms with E-state index in [-0.39, 0.29) is 29.1 Å². The number of benzene rings is 1. The molecule has 4 nitrogen and oxygen atoms in total. The van der Waals surface area contributed by atoms with Crippen LogP contribution in [0.3, 0.4) is 0 Å². The van der Waals surface area contributed by atoms with Crippen LogP contribution in [-0.4, -0.2) is 35.4 Å². The van der Waals surface area contributed by atoms with E-state index in [9.17, 15) is 13.6 Å². The maximum Gasteiger partial charge on any atom is 0.230 e. The van der Waals surface area contributed by atoms with Crippen LogP contribution < -0.4 is 4.90 Å². The molecule has 1 aliphatic heterocycles. The molecular formula is C25H31F2N3O. The molecule has 6 heteroatoms. The molecule has 166 valence electrons. The Morgan fingerprint density at radius 2 is 1.87 bits per heavy atom. The zero-order valence-corrected chi connectivity index (χ0v) is 18.8. The summed E-state index contributed by atoms with van der Waals surface area (Å²) < 4.78 is 27.5. The number of amides is 1. The number of fused-ring (bicyclic) bond motifs is 1. The molecule has 0 bridgehead atoms. The number of carbonyl (C=O) groups excluding carboxylic acids is 1. The van der Waals surface area contributed by atoms with Crippen molar-refractivity contribution < 1.29 is 13.6 Å². The molecule has 0 spiro atoms. The Hall–Kier alpha value is -2.34. The minimum Gasteiger partial charge on any atom is -0.309 e. The van der Waals surface area contributed by atoms with Crippen molar-refractivity contribution in [1.82, 2.24) is 9.88 Å². The maximum atomic E-state index is 14.0. The normalized spacial score (nSPS) is 22.6. The van der Waals surface area contributed by atoms with Gasteiger partial charge in [-0.2, -0.15) is 0 Å². The average molecular weight is 428 g/mol. The Balaban J connectivity index is 1.39. The van der Waals surface area contributed by atoms with E-state index in [1.807, 2.05) is 31.0 Å². The first-order chi connectivity index (χ1) is 14.7. The second-order valence-corrected chi connectivity index (χ2v) is 9.78. The highest BCUT2D eigenvalue weighted by Gasteiger charge is 2.42. The quantitative estimate of drug-likeness (QED) is 0.690. The molecule has 1 aliphatic carbocycles. The maximum absolute atomic E-state index is 14.0. The fraction of sp³-hybridized carbons (Fsp3) is 0.520. The van der Waals surface area contributed by atoms with Crippen molar-refractivity contribution in [2.24, 2.45) is 5.92 Å². The van der Waals surface area contributed by atoms with Crippen LogP contribution >= 0.6 is 0 Å². The van der Waals surface area contributed by atoms with E-state index in [1.54, 1.807) is 0 Å². The molecule has 31 heavy (non-hydrogen) atoms. The van der Waals surface area contributed by atoms with Crippen LogP contribution in [0.15, 0.2) is 30.3 Å². The first kappa shape index (κ1) is 21.9. The van der Waals surface area contributed by atoms with Crippen LogP contribution in [0.1, 0.15) is 56.5 Å². The van der Waals surface area contributed by atoms with E-state index in [1.165, 1.54) is 12.1 Å². The van der Waals surface area contributed by atoms with Crippen molar-refractivity contribution in [2.75, 3.05) is 18.5 Å². The van der Waals surface area contributed by atoms with Gasteiger partial charge in [0.15, 0.2) is 0 Å². The first-order valence-electron chi connectivity index (χ1n) is 11.1. The predicted octanol–water partition coefficient (Wildman–Crippen LogP) is 4.98. The number of hydrogen-bond donors (Lipinski definition) is 0. The third kappa shape index (κ3) is 4.36. The van der Waals surface area contributed by atoms with Gasteiger partial charge in [0.05, 0.1) is 11.4 Å². The van der Waals surface area contributed by atoms with Crippen molar-refractivity contribution in [1.29, 1.82) is 0 Å². The van der Waals surface area contributed by atoms with Gasteiger partial charge in [0.1, 0.15) is 11.6 Å². The van der Waals surface area contributed by atoms with Gasteiger partial charge in [-0.3, -0.25) is 14.7 Å². The molecule has 2 aliphatic rings. The van der Waals surface area contributed by atoms with Crippen molar-refractivity contribution in [2.45, 2.75) is 64.5 Å². The predicted molar refractivity (Wildman–Crippen MR) is 118 cm³/mol. The summed E-state index contributed by atoms with van der Waals surface area (Å²) in [6.45, 7) is 7.29. The average Bonchev–Trinajstić information content (AvgIpc) is 3.00. The third-order valence-electron chi connectivity index (χ3n) is 6.86. The summed E-state index contributed by atoms with van der Waals surface area (Å²) >= 11 is 0. The number of halogens is 2. The molecule has 0 N–H and O–H groups in total. The molecule has 0 saturated heterocycles. The molecule has 0 atom stereocenters. The highest BCUT2D eigenvalue weighted by molar-refractivity contribution is 5.97. The van der Waals surface area contributed by atoms with Gasteiger partial charge in [0.2, 0.25) is 5.91 Å².